The molecule has 0 saturated carbocycles. The normalized spacial score (nSPS) is 11.0. The molecule has 3 rings (SSSR count). The van der Waals surface area contributed by atoms with Gasteiger partial charge in [-0.25, -0.2) is 14.6 Å². The molecule has 0 unspecified atom stereocenters. The summed E-state index contributed by atoms with van der Waals surface area (Å²) >= 11 is 1.61. The molecular weight excluding hydrogens is 428 g/mol. The molecule has 0 fully saturated rings. The number of hydrogen-bond acceptors (Lipinski definition) is 8. The second-order valence-electron chi connectivity index (χ2n) is 7.13. The highest BCUT2D eigenvalue weighted by molar-refractivity contribution is 7.99. The number of ether oxygens (including phenoxy) is 2. The summed E-state index contributed by atoms with van der Waals surface area (Å²) in [4.78, 5) is 21.5. The number of amides is 1. The topological polar surface area (TPSA) is 103 Å². The second kappa shape index (κ2) is 12.3. The Kier molecular flexibility index (Phi) is 9.12. The fourth-order valence-corrected chi connectivity index (χ4v) is 3.67. The van der Waals surface area contributed by atoms with Crippen molar-refractivity contribution in [2.45, 2.75) is 32.0 Å². The molecule has 9 nitrogen and oxygen atoms in total. The standard InChI is InChI=1S/C22H30N6O3S/c1-4-13-32-22-26-20(24-10-12-30-3)17-14-25-28(21(17)27-22)11-9-23-19(29)15-31-18-8-6-5-7-16(18)2/h5-8,14H,4,9-13,15H2,1-3H3,(H,23,29)(H,24,26,27). The minimum atomic E-state index is -0.180. The molecule has 1 amide bonds. The molecule has 32 heavy (non-hydrogen) atoms. The Labute approximate surface area is 192 Å². The molecule has 1 aromatic carbocycles. The van der Waals surface area contributed by atoms with Crippen LogP contribution in [0.2, 0.25) is 0 Å². The average molecular weight is 459 g/mol. The van der Waals surface area contributed by atoms with E-state index in [0.29, 0.717) is 37.1 Å². The third kappa shape index (κ3) is 6.57. The van der Waals surface area contributed by atoms with Crippen LogP contribution in [0.3, 0.4) is 0 Å². The van der Waals surface area contributed by atoms with Gasteiger partial charge >= 0.3 is 0 Å². The molecule has 0 aliphatic rings. The molecule has 0 spiro atoms. The van der Waals surface area contributed by atoms with Crippen LogP contribution in [0.5, 0.6) is 5.75 Å². The van der Waals surface area contributed by atoms with Crippen molar-refractivity contribution >= 4 is 34.5 Å². The molecule has 0 aliphatic carbocycles. The summed E-state index contributed by atoms with van der Waals surface area (Å²) in [6.45, 7) is 6.17. The number of anilines is 1. The Morgan fingerprint density at radius 1 is 1.22 bits per heavy atom. The van der Waals surface area contributed by atoms with Crippen molar-refractivity contribution < 1.29 is 14.3 Å². The number of methoxy groups -OCH3 is 1. The number of thioether (sulfide) groups is 1. The molecule has 3 aromatic rings. The molecule has 0 radical (unpaired) electrons. The predicted molar refractivity (Wildman–Crippen MR) is 126 cm³/mol. The lowest BCUT2D eigenvalue weighted by Crippen LogP contribution is -2.31. The molecule has 2 aromatic heterocycles. The maximum Gasteiger partial charge on any atom is 0.258 e. The predicted octanol–water partition coefficient (Wildman–Crippen LogP) is 2.89. The number of carbonyl (C=O) groups is 1. The number of aromatic nitrogens is 4. The van der Waals surface area contributed by atoms with Crippen LogP contribution < -0.4 is 15.4 Å². The van der Waals surface area contributed by atoms with Gasteiger partial charge in [-0.05, 0) is 25.0 Å². The Balaban J connectivity index is 1.61. The van der Waals surface area contributed by atoms with Crippen LogP contribution in [0.1, 0.15) is 18.9 Å². The van der Waals surface area contributed by atoms with Gasteiger partial charge < -0.3 is 20.1 Å². The number of benzene rings is 1. The van der Waals surface area contributed by atoms with Crippen LogP contribution in [0, 0.1) is 6.92 Å². The number of nitrogens with one attached hydrogen (secondary N) is 2. The lowest BCUT2D eigenvalue weighted by Gasteiger charge is -2.10. The Morgan fingerprint density at radius 3 is 2.84 bits per heavy atom. The van der Waals surface area contributed by atoms with Gasteiger partial charge in [0, 0.05) is 26.0 Å². The van der Waals surface area contributed by atoms with Crippen molar-refractivity contribution in [2.24, 2.45) is 0 Å². The van der Waals surface area contributed by atoms with E-state index in [1.54, 1.807) is 29.8 Å². The first-order valence-corrected chi connectivity index (χ1v) is 11.6. The summed E-state index contributed by atoms with van der Waals surface area (Å²) in [5, 5.41) is 12.2. The van der Waals surface area contributed by atoms with Crippen LogP contribution in [-0.4, -0.2) is 64.8 Å². The van der Waals surface area contributed by atoms with Crippen molar-refractivity contribution in [1.29, 1.82) is 0 Å². The molecule has 0 atom stereocenters. The smallest absolute Gasteiger partial charge is 0.258 e. The first-order chi connectivity index (χ1) is 15.6. The van der Waals surface area contributed by atoms with Crippen molar-refractivity contribution in [3.05, 3.63) is 36.0 Å². The van der Waals surface area contributed by atoms with E-state index in [1.165, 1.54) is 0 Å². The molecule has 172 valence electrons. The van der Waals surface area contributed by atoms with E-state index in [-0.39, 0.29) is 12.5 Å². The molecule has 0 bridgehead atoms. The summed E-state index contributed by atoms with van der Waals surface area (Å²) < 4.78 is 12.5. The third-order valence-electron chi connectivity index (χ3n) is 4.61. The lowest BCUT2D eigenvalue weighted by molar-refractivity contribution is -0.123. The fraction of sp³-hybridized carbons (Fsp3) is 0.455. The van der Waals surface area contributed by atoms with Gasteiger partial charge in [0.25, 0.3) is 5.91 Å². The van der Waals surface area contributed by atoms with Crippen molar-refractivity contribution in [3.8, 4) is 5.75 Å². The summed E-state index contributed by atoms with van der Waals surface area (Å²) in [5.74, 6) is 2.21. The van der Waals surface area contributed by atoms with Gasteiger partial charge in [0.1, 0.15) is 11.6 Å². The zero-order chi connectivity index (χ0) is 22.8. The van der Waals surface area contributed by atoms with Gasteiger partial charge in [-0.2, -0.15) is 5.10 Å². The van der Waals surface area contributed by atoms with Crippen LogP contribution in [-0.2, 0) is 16.1 Å². The van der Waals surface area contributed by atoms with E-state index in [2.05, 4.69) is 32.6 Å². The van der Waals surface area contributed by atoms with Gasteiger partial charge in [-0.15, -0.1) is 0 Å². The number of aryl methyl sites for hydroxylation is 1. The molecule has 10 heteroatoms. The highest BCUT2D eigenvalue weighted by atomic mass is 32.2. The Morgan fingerprint density at radius 2 is 2.06 bits per heavy atom. The molecule has 0 aliphatic heterocycles. The Hall–Kier alpha value is -2.85. The zero-order valence-corrected chi connectivity index (χ0v) is 19.6. The van der Waals surface area contributed by atoms with Crippen LogP contribution in [0.4, 0.5) is 5.82 Å². The fourth-order valence-electron chi connectivity index (χ4n) is 2.98. The van der Waals surface area contributed by atoms with Crippen molar-refractivity contribution in [3.63, 3.8) is 0 Å². The largest absolute Gasteiger partial charge is 0.484 e. The van der Waals surface area contributed by atoms with Gasteiger partial charge in [-0.3, -0.25) is 4.79 Å². The summed E-state index contributed by atoms with van der Waals surface area (Å²) in [5.41, 5.74) is 1.73. The number of fused-ring (bicyclic) bond motifs is 1. The maximum atomic E-state index is 12.2. The molecule has 0 saturated heterocycles. The van der Waals surface area contributed by atoms with Gasteiger partial charge in [0.2, 0.25) is 0 Å². The average Bonchev–Trinajstić information content (AvgIpc) is 3.20. The number of nitrogens with zero attached hydrogens (tertiary/aromatic N) is 4. The van der Waals surface area contributed by atoms with E-state index in [0.717, 1.165) is 34.6 Å². The summed E-state index contributed by atoms with van der Waals surface area (Å²) in [7, 11) is 1.66. The monoisotopic (exact) mass is 458 g/mol. The first kappa shape index (κ1) is 23.8. The van der Waals surface area contributed by atoms with Crippen LogP contribution in [0.15, 0.2) is 35.6 Å². The maximum absolute atomic E-state index is 12.2. The summed E-state index contributed by atoms with van der Waals surface area (Å²) in [6, 6.07) is 7.62. The van der Waals surface area contributed by atoms with Gasteiger partial charge in [0.05, 0.1) is 24.7 Å². The van der Waals surface area contributed by atoms with Gasteiger partial charge in [-0.1, -0.05) is 36.9 Å². The minimum Gasteiger partial charge on any atom is -0.484 e. The van der Waals surface area contributed by atoms with E-state index >= 15 is 0 Å². The van der Waals surface area contributed by atoms with Gasteiger partial charge in [0.15, 0.2) is 17.4 Å². The molecular formula is C22H30N6O3S. The number of carbonyl (C=O) groups excluding carboxylic acids is 1. The minimum absolute atomic E-state index is 0.0295. The van der Waals surface area contributed by atoms with Crippen molar-refractivity contribution in [1.82, 2.24) is 25.1 Å². The van der Waals surface area contributed by atoms with E-state index in [4.69, 9.17) is 9.47 Å². The first-order valence-electron chi connectivity index (χ1n) is 10.7. The van der Waals surface area contributed by atoms with Crippen molar-refractivity contribution in [2.75, 3.05) is 44.5 Å². The highest BCUT2D eigenvalue weighted by Crippen LogP contribution is 2.24. The van der Waals surface area contributed by atoms with E-state index in [9.17, 15) is 4.79 Å². The molecule has 2 N–H and O–H groups in total. The highest BCUT2D eigenvalue weighted by Gasteiger charge is 2.13. The number of rotatable bonds is 13. The number of para-hydroxylation sites is 1. The number of hydrogen-bond donors (Lipinski definition) is 2. The SMILES string of the molecule is CCCSc1nc(NCCOC)c2cnn(CCNC(=O)COc3ccccc3C)c2n1. The summed E-state index contributed by atoms with van der Waals surface area (Å²) in [6.07, 6.45) is 2.79. The lowest BCUT2D eigenvalue weighted by atomic mass is 10.2. The second-order valence-corrected chi connectivity index (χ2v) is 8.19. The van der Waals surface area contributed by atoms with E-state index in [1.807, 2.05) is 31.2 Å². The van der Waals surface area contributed by atoms with Crippen LogP contribution >= 0.6 is 11.8 Å². The molecule has 2 heterocycles. The van der Waals surface area contributed by atoms with Crippen LogP contribution in [0.25, 0.3) is 11.0 Å². The van der Waals surface area contributed by atoms with E-state index < -0.39 is 0 Å². The third-order valence-corrected chi connectivity index (χ3v) is 5.66. The zero-order valence-electron chi connectivity index (χ0n) is 18.8. The quantitative estimate of drug-likeness (QED) is 0.229. The Bertz CT molecular complexity index is 1030.